The minimum absolute atomic E-state index is 0.141. The van der Waals surface area contributed by atoms with Crippen molar-refractivity contribution >= 4 is 36.7 Å². The third kappa shape index (κ3) is 2.87. The summed E-state index contributed by atoms with van der Waals surface area (Å²) in [6.45, 7) is 1.73. The van der Waals surface area contributed by atoms with Gasteiger partial charge in [0.05, 0.1) is 0 Å². The molecule has 1 heterocycles. The molecule has 0 aliphatic carbocycles. The minimum Gasteiger partial charge on any atom is -0.440 e. The molecule has 3 N–H and O–H groups in total. The van der Waals surface area contributed by atoms with Crippen molar-refractivity contribution in [1.29, 1.82) is 0 Å². The molecule has 5 nitrogen and oxygen atoms in total. The fourth-order valence-corrected chi connectivity index (χ4v) is 1.06. The maximum absolute atomic E-state index is 10.7. The van der Waals surface area contributed by atoms with E-state index in [-0.39, 0.29) is 5.88 Å². The zero-order chi connectivity index (χ0) is 11.6. The smallest absolute Gasteiger partial charge is 0.269 e. The molecule has 0 amide bonds. The average molecular weight is 226 g/mol. The number of nitrogens with zero attached hydrogens (tertiary/aromatic N) is 1. The summed E-state index contributed by atoms with van der Waals surface area (Å²) >= 11 is 3.44. The number of nitrogens with two attached hydrogens (primary N) is 1. The Bertz CT molecular complexity index is 400. The molecule has 80 valence electrons. The molecule has 0 aliphatic rings. The summed E-state index contributed by atoms with van der Waals surface area (Å²) in [4.78, 5) is 14.7. The molecule has 1 aromatic heterocycles. The first-order chi connectivity index (χ1) is 6.91. The number of carbonyl (C=O) groups excluding carboxylic acids is 1. The predicted octanol–water partition coefficient (Wildman–Crippen LogP) is -1.62. The third-order valence-electron chi connectivity index (χ3n) is 1.83. The van der Waals surface area contributed by atoms with Crippen LogP contribution in [0.4, 0.5) is 5.69 Å². The maximum atomic E-state index is 10.7. The number of aromatic nitrogens is 1. The van der Waals surface area contributed by atoms with Gasteiger partial charge in [0.1, 0.15) is 7.85 Å². The highest BCUT2D eigenvalue weighted by Crippen LogP contribution is 2.11. The van der Waals surface area contributed by atoms with Gasteiger partial charge in [0.15, 0.2) is 0 Å². The van der Waals surface area contributed by atoms with Gasteiger partial charge in [0.25, 0.3) is 11.4 Å². The first-order valence-electron chi connectivity index (χ1n) is 4.23. The molecule has 1 rings (SSSR count). The van der Waals surface area contributed by atoms with Crippen molar-refractivity contribution in [3.05, 3.63) is 11.8 Å². The van der Waals surface area contributed by atoms with Crippen LogP contribution in [0.1, 0.15) is 5.69 Å². The molecule has 15 heavy (non-hydrogen) atoms. The van der Waals surface area contributed by atoms with E-state index in [1.165, 1.54) is 0 Å². The number of anilines is 1. The first kappa shape index (κ1) is 11.9. The van der Waals surface area contributed by atoms with Crippen LogP contribution in [0.25, 0.3) is 0 Å². The molecular formula is C8H11BN2O3S. The molecule has 0 saturated carbocycles. The Labute approximate surface area is 93.5 Å². The van der Waals surface area contributed by atoms with Crippen LogP contribution in [0.5, 0.6) is 5.88 Å². The number of pyridine rings is 1. The van der Waals surface area contributed by atoms with Gasteiger partial charge in [-0.05, 0) is 18.5 Å². The van der Waals surface area contributed by atoms with Crippen molar-refractivity contribution in [3.8, 4) is 5.88 Å². The van der Waals surface area contributed by atoms with Crippen molar-refractivity contribution in [2.24, 2.45) is 0 Å². The summed E-state index contributed by atoms with van der Waals surface area (Å²) in [5.41, 5.74) is 7.39. The highest BCUT2D eigenvalue weighted by Gasteiger charge is 2.15. The molecule has 0 aromatic carbocycles. The van der Waals surface area contributed by atoms with Gasteiger partial charge in [-0.15, -0.1) is 0 Å². The average Bonchev–Trinajstić information content (AvgIpc) is 2.13. The van der Waals surface area contributed by atoms with Crippen molar-refractivity contribution < 1.29 is 14.6 Å². The summed E-state index contributed by atoms with van der Waals surface area (Å²) < 4.78 is 4.91. The normalized spacial score (nSPS) is 12.2. The van der Waals surface area contributed by atoms with Crippen molar-refractivity contribution in [3.63, 3.8) is 0 Å². The van der Waals surface area contributed by atoms with E-state index in [2.05, 4.69) is 17.6 Å². The van der Waals surface area contributed by atoms with Crippen LogP contribution < -0.4 is 15.9 Å². The van der Waals surface area contributed by atoms with E-state index >= 15 is 0 Å². The Morgan fingerprint density at radius 1 is 1.80 bits per heavy atom. The number of aryl methyl sites for hydroxylation is 1. The van der Waals surface area contributed by atoms with E-state index < -0.39 is 11.4 Å². The van der Waals surface area contributed by atoms with Crippen molar-refractivity contribution in [2.75, 3.05) is 5.73 Å². The molecule has 1 unspecified atom stereocenters. The van der Waals surface area contributed by atoms with Gasteiger partial charge in [-0.3, -0.25) is 4.79 Å². The summed E-state index contributed by atoms with van der Waals surface area (Å²) in [6, 6.07) is 1.68. The zero-order valence-corrected chi connectivity index (χ0v) is 9.28. The van der Waals surface area contributed by atoms with Gasteiger partial charge in [-0.1, -0.05) is 12.6 Å². The molecule has 1 aromatic rings. The van der Waals surface area contributed by atoms with E-state index in [4.69, 9.17) is 15.6 Å². The van der Waals surface area contributed by atoms with Gasteiger partial charge in [0, 0.05) is 11.4 Å². The Morgan fingerprint density at radius 2 is 2.40 bits per heavy atom. The number of thiol groups is 1. The fraction of sp³-hybridized carbons (Fsp3) is 0.250. The number of aliphatic hydroxyl groups is 1. The Balaban J connectivity index is 2.99. The predicted molar refractivity (Wildman–Crippen MR) is 62.2 cm³/mol. The monoisotopic (exact) mass is 226 g/mol. The highest BCUT2D eigenvalue weighted by atomic mass is 32.1. The number of rotatable bonds is 3. The first-order valence-corrected chi connectivity index (χ1v) is 4.67. The number of ether oxygens (including phenoxy) is 1. The molecule has 0 spiro atoms. The Hall–Kier alpha value is -1.21. The summed E-state index contributed by atoms with van der Waals surface area (Å²) in [6.07, 6.45) is -1.62. The van der Waals surface area contributed by atoms with Gasteiger partial charge in [-0.25, -0.2) is 4.98 Å². The van der Waals surface area contributed by atoms with Crippen LogP contribution in [0.2, 0.25) is 0 Å². The number of hydrogen-bond acceptors (Lipinski definition) is 5. The van der Waals surface area contributed by atoms with Crippen LogP contribution in [-0.2, 0) is 4.79 Å². The summed E-state index contributed by atoms with van der Waals surface area (Å²) in [7, 11) is 1.69. The standard InChI is InChI=1S/C8H11BN2O3S/c1-3-2-4(10)5(9)6(11-3)14-7(12)8(13)15/h2,7,12H,9H2,1H3,(H2,10,11)(H,13,15). The largest absolute Gasteiger partial charge is 0.440 e. The van der Waals surface area contributed by atoms with Crippen molar-refractivity contribution in [2.45, 2.75) is 13.2 Å². The molecule has 0 bridgehead atoms. The van der Waals surface area contributed by atoms with E-state index in [0.717, 1.165) is 0 Å². The molecule has 1 atom stereocenters. The van der Waals surface area contributed by atoms with E-state index in [9.17, 15) is 4.79 Å². The highest BCUT2D eigenvalue weighted by molar-refractivity contribution is 7.96. The maximum Gasteiger partial charge on any atom is 0.269 e. The van der Waals surface area contributed by atoms with Crippen LogP contribution in [0, 0.1) is 6.92 Å². The lowest BCUT2D eigenvalue weighted by molar-refractivity contribution is -0.131. The summed E-state index contributed by atoms with van der Waals surface area (Å²) in [5.74, 6) is 0.141. The van der Waals surface area contributed by atoms with Gasteiger partial charge < -0.3 is 15.6 Å². The molecule has 0 radical (unpaired) electrons. The lowest BCUT2D eigenvalue weighted by Crippen LogP contribution is -2.27. The van der Waals surface area contributed by atoms with Crippen LogP contribution in [-0.4, -0.2) is 29.3 Å². The quantitative estimate of drug-likeness (QED) is 0.328. The Morgan fingerprint density at radius 3 is 2.93 bits per heavy atom. The second-order valence-electron chi connectivity index (χ2n) is 3.09. The van der Waals surface area contributed by atoms with Crippen LogP contribution in [0.15, 0.2) is 6.07 Å². The van der Waals surface area contributed by atoms with Crippen molar-refractivity contribution in [1.82, 2.24) is 4.98 Å². The van der Waals surface area contributed by atoms with E-state index in [1.54, 1.807) is 20.8 Å². The number of aliphatic hydroxyl groups excluding tert-OH is 1. The molecule has 7 heteroatoms. The SMILES string of the molecule is Bc1c(N)cc(C)nc1OC(O)C(=O)S. The third-order valence-corrected chi connectivity index (χ3v) is 2.05. The zero-order valence-electron chi connectivity index (χ0n) is 8.39. The topological polar surface area (TPSA) is 85.4 Å². The van der Waals surface area contributed by atoms with Crippen LogP contribution in [0.3, 0.4) is 0 Å². The molecule has 0 saturated heterocycles. The Kier molecular flexibility index (Phi) is 3.59. The van der Waals surface area contributed by atoms with Gasteiger partial charge in [0.2, 0.25) is 5.88 Å². The molecule has 0 fully saturated rings. The van der Waals surface area contributed by atoms with E-state index in [0.29, 0.717) is 16.8 Å². The lowest BCUT2D eigenvalue weighted by Gasteiger charge is -2.13. The second-order valence-corrected chi connectivity index (χ2v) is 3.53. The number of nitrogen functional groups attached to an aromatic ring is 1. The molecule has 0 aliphatic heterocycles. The van der Waals surface area contributed by atoms with Gasteiger partial charge >= 0.3 is 0 Å². The van der Waals surface area contributed by atoms with Gasteiger partial charge in [-0.2, -0.15) is 0 Å². The number of hydrogen-bond donors (Lipinski definition) is 3. The lowest BCUT2D eigenvalue weighted by atomic mass is 9.95. The number of carbonyl (C=O) groups is 1. The fourth-order valence-electron chi connectivity index (χ4n) is 1.00. The molecular weight excluding hydrogens is 215 g/mol. The second kappa shape index (κ2) is 4.54. The van der Waals surface area contributed by atoms with Crippen LogP contribution >= 0.6 is 12.6 Å². The van der Waals surface area contributed by atoms with E-state index in [1.807, 2.05) is 0 Å². The minimum atomic E-state index is -1.62. The summed E-state index contributed by atoms with van der Waals surface area (Å²) in [5, 5.41) is 8.38.